The second-order valence-corrected chi connectivity index (χ2v) is 22.0. The van der Waals surface area contributed by atoms with Gasteiger partial charge in [0.15, 0.2) is 6.10 Å². The highest BCUT2D eigenvalue weighted by Gasteiger charge is 2.19. The Morgan fingerprint density at radius 3 is 0.819 bits per heavy atom. The molecular weight excluding hydrogens is 889 g/mol. The van der Waals surface area contributed by atoms with E-state index in [0.29, 0.717) is 19.3 Å². The SMILES string of the molecule is CCC/C=C\C/C=C\CCCCCCCC(=O)OC(COC(=O)CCCCCCCCCC)COC(=O)CCCCCCCCCCCCCCCCCCCCCCCCCCCCCCCCCCC. The highest BCUT2D eigenvalue weighted by Crippen LogP contribution is 2.18. The van der Waals surface area contributed by atoms with Gasteiger partial charge in [-0.25, -0.2) is 0 Å². The summed E-state index contributed by atoms with van der Waals surface area (Å²) in [5.74, 6) is -0.872. The molecule has 0 amide bonds. The Labute approximate surface area is 449 Å². The highest BCUT2D eigenvalue weighted by atomic mass is 16.6. The van der Waals surface area contributed by atoms with Crippen LogP contribution in [0.2, 0.25) is 0 Å². The van der Waals surface area contributed by atoms with Crippen molar-refractivity contribution in [2.45, 2.75) is 367 Å². The number of rotatable bonds is 60. The van der Waals surface area contributed by atoms with Crippen molar-refractivity contribution in [2.75, 3.05) is 13.2 Å². The van der Waals surface area contributed by atoms with Gasteiger partial charge >= 0.3 is 17.9 Å². The molecular formula is C66H124O6. The molecule has 0 saturated carbocycles. The van der Waals surface area contributed by atoms with E-state index in [2.05, 4.69) is 45.1 Å². The van der Waals surface area contributed by atoms with Crippen molar-refractivity contribution in [1.82, 2.24) is 0 Å². The van der Waals surface area contributed by atoms with Crippen LogP contribution in [0.25, 0.3) is 0 Å². The number of hydrogen-bond donors (Lipinski definition) is 0. The number of esters is 3. The fourth-order valence-electron chi connectivity index (χ4n) is 9.84. The van der Waals surface area contributed by atoms with Gasteiger partial charge in [0, 0.05) is 19.3 Å². The third kappa shape index (κ3) is 58.8. The van der Waals surface area contributed by atoms with Crippen molar-refractivity contribution < 1.29 is 28.6 Å². The molecule has 424 valence electrons. The van der Waals surface area contributed by atoms with E-state index in [-0.39, 0.29) is 31.1 Å². The zero-order valence-corrected chi connectivity index (χ0v) is 48.7. The quantitative estimate of drug-likeness (QED) is 0.0261. The fourth-order valence-corrected chi connectivity index (χ4v) is 9.84. The zero-order chi connectivity index (χ0) is 52.2. The molecule has 0 heterocycles. The van der Waals surface area contributed by atoms with Crippen LogP contribution in [0.3, 0.4) is 0 Å². The van der Waals surface area contributed by atoms with Crippen molar-refractivity contribution in [3.8, 4) is 0 Å². The van der Waals surface area contributed by atoms with E-state index in [4.69, 9.17) is 14.2 Å². The van der Waals surface area contributed by atoms with Crippen LogP contribution in [0.4, 0.5) is 0 Å². The molecule has 0 radical (unpaired) electrons. The largest absolute Gasteiger partial charge is 0.462 e. The molecule has 6 nitrogen and oxygen atoms in total. The van der Waals surface area contributed by atoms with Crippen LogP contribution in [-0.2, 0) is 28.6 Å². The van der Waals surface area contributed by atoms with Crippen LogP contribution in [0.5, 0.6) is 0 Å². The number of carbonyl (C=O) groups is 3. The predicted molar refractivity (Wildman–Crippen MR) is 312 cm³/mol. The molecule has 0 aliphatic rings. The smallest absolute Gasteiger partial charge is 0.306 e. The molecule has 0 rings (SSSR count). The minimum absolute atomic E-state index is 0.0722. The van der Waals surface area contributed by atoms with Crippen molar-refractivity contribution >= 4 is 17.9 Å². The number of ether oxygens (including phenoxy) is 3. The first-order valence-corrected chi connectivity index (χ1v) is 32.3. The lowest BCUT2D eigenvalue weighted by Gasteiger charge is -2.18. The lowest BCUT2D eigenvalue weighted by molar-refractivity contribution is -0.167. The molecule has 72 heavy (non-hydrogen) atoms. The Morgan fingerprint density at radius 2 is 0.528 bits per heavy atom. The molecule has 0 spiro atoms. The minimum atomic E-state index is -0.773. The van der Waals surface area contributed by atoms with Gasteiger partial charge in [-0.2, -0.15) is 0 Å². The van der Waals surface area contributed by atoms with Crippen LogP contribution >= 0.6 is 0 Å². The summed E-state index contributed by atoms with van der Waals surface area (Å²) in [7, 11) is 0. The summed E-state index contributed by atoms with van der Waals surface area (Å²) in [6.45, 7) is 6.58. The summed E-state index contributed by atoms with van der Waals surface area (Å²) in [5, 5.41) is 0. The van der Waals surface area contributed by atoms with Gasteiger partial charge in [-0.05, 0) is 44.9 Å². The van der Waals surface area contributed by atoms with Gasteiger partial charge in [0.25, 0.3) is 0 Å². The maximum atomic E-state index is 12.8. The van der Waals surface area contributed by atoms with E-state index in [1.165, 1.54) is 231 Å². The van der Waals surface area contributed by atoms with Gasteiger partial charge in [0.05, 0.1) is 0 Å². The Balaban J connectivity index is 3.92. The fraction of sp³-hybridized carbons (Fsp3) is 0.894. The summed E-state index contributed by atoms with van der Waals surface area (Å²) in [6.07, 6.45) is 73.8. The topological polar surface area (TPSA) is 78.9 Å². The molecule has 0 bridgehead atoms. The zero-order valence-electron chi connectivity index (χ0n) is 48.7. The lowest BCUT2D eigenvalue weighted by Crippen LogP contribution is -2.30. The predicted octanol–water partition coefficient (Wildman–Crippen LogP) is 21.8. The molecule has 0 aromatic heterocycles. The van der Waals surface area contributed by atoms with Gasteiger partial charge in [0.1, 0.15) is 13.2 Å². The maximum absolute atomic E-state index is 12.8. The Morgan fingerprint density at radius 1 is 0.278 bits per heavy atom. The van der Waals surface area contributed by atoms with Crippen molar-refractivity contribution in [2.24, 2.45) is 0 Å². The molecule has 0 aliphatic heterocycles. The van der Waals surface area contributed by atoms with Gasteiger partial charge < -0.3 is 14.2 Å². The Bertz CT molecular complexity index is 1160. The molecule has 1 atom stereocenters. The monoisotopic (exact) mass is 1010 g/mol. The molecule has 1 unspecified atom stereocenters. The normalized spacial score (nSPS) is 12.1. The Kier molecular flexibility index (Phi) is 59.6. The first-order chi connectivity index (χ1) is 35.5. The second-order valence-electron chi connectivity index (χ2n) is 22.0. The number of carbonyl (C=O) groups excluding carboxylic acids is 3. The molecule has 0 saturated heterocycles. The Hall–Kier alpha value is -2.11. The third-order valence-electron chi connectivity index (χ3n) is 14.7. The first kappa shape index (κ1) is 69.9. The first-order valence-electron chi connectivity index (χ1n) is 32.3. The summed E-state index contributed by atoms with van der Waals surface area (Å²) < 4.78 is 16.8. The number of unbranched alkanes of at least 4 members (excludes halogenated alkanes) is 45. The number of hydrogen-bond acceptors (Lipinski definition) is 6. The molecule has 0 aromatic rings. The van der Waals surface area contributed by atoms with Crippen molar-refractivity contribution in [1.29, 1.82) is 0 Å². The van der Waals surface area contributed by atoms with Gasteiger partial charge in [-0.3, -0.25) is 14.4 Å². The average Bonchev–Trinajstić information content (AvgIpc) is 3.38. The summed E-state index contributed by atoms with van der Waals surface area (Å²) in [5.41, 5.74) is 0. The lowest BCUT2D eigenvalue weighted by atomic mass is 10.0. The molecule has 0 aromatic carbocycles. The molecule has 0 fully saturated rings. The van der Waals surface area contributed by atoms with E-state index < -0.39 is 6.10 Å². The summed E-state index contributed by atoms with van der Waals surface area (Å²) >= 11 is 0. The van der Waals surface area contributed by atoms with E-state index in [1.807, 2.05) is 0 Å². The van der Waals surface area contributed by atoms with Crippen LogP contribution in [0.1, 0.15) is 361 Å². The van der Waals surface area contributed by atoms with E-state index in [1.54, 1.807) is 0 Å². The standard InChI is InChI=1S/C66H124O6/c1-4-7-10-13-16-19-21-23-24-25-26-27-28-29-30-31-32-33-34-35-36-37-38-39-40-41-42-44-45-47-50-53-56-59-65(68)71-62-63(61-70-64(67)58-55-52-49-18-15-12-9-6-3)72-66(69)60-57-54-51-48-46-43-22-20-17-14-11-8-5-2/h11,14,20,22,63H,4-10,12-13,15-19,21,23-62H2,1-3H3/b14-11-,22-20-. The van der Waals surface area contributed by atoms with Gasteiger partial charge in [0.2, 0.25) is 0 Å². The average molecular weight is 1010 g/mol. The van der Waals surface area contributed by atoms with Gasteiger partial charge in [-0.15, -0.1) is 0 Å². The van der Waals surface area contributed by atoms with Crippen LogP contribution < -0.4 is 0 Å². The molecule has 6 heteroatoms. The summed E-state index contributed by atoms with van der Waals surface area (Å²) in [4.78, 5) is 38.0. The van der Waals surface area contributed by atoms with Crippen molar-refractivity contribution in [3.63, 3.8) is 0 Å². The minimum Gasteiger partial charge on any atom is -0.462 e. The van der Waals surface area contributed by atoms with E-state index in [9.17, 15) is 14.4 Å². The van der Waals surface area contributed by atoms with E-state index >= 15 is 0 Å². The number of allylic oxidation sites excluding steroid dienone is 4. The van der Waals surface area contributed by atoms with Gasteiger partial charge in [-0.1, -0.05) is 321 Å². The van der Waals surface area contributed by atoms with E-state index in [0.717, 1.165) is 89.9 Å². The summed E-state index contributed by atoms with van der Waals surface area (Å²) in [6, 6.07) is 0. The maximum Gasteiger partial charge on any atom is 0.306 e. The highest BCUT2D eigenvalue weighted by molar-refractivity contribution is 5.71. The van der Waals surface area contributed by atoms with Crippen LogP contribution in [-0.4, -0.2) is 37.2 Å². The van der Waals surface area contributed by atoms with Crippen LogP contribution in [0, 0.1) is 0 Å². The second kappa shape index (κ2) is 61.4. The third-order valence-corrected chi connectivity index (χ3v) is 14.7. The molecule has 0 aliphatic carbocycles. The van der Waals surface area contributed by atoms with Crippen molar-refractivity contribution in [3.05, 3.63) is 24.3 Å². The molecule has 0 N–H and O–H groups in total. The van der Waals surface area contributed by atoms with Crippen LogP contribution in [0.15, 0.2) is 24.3 Å².